The Morgan fingerprint density at radius 1 is 1.03 bits per heavy atom. The van der Waals surface area contributed by atoms with Crippen molar-refractivity contribution in [2.24, 2.45) is 10.1 Å². The summed E-state index contributed by atoms with van der Waals surface area (Å²) in [5.41, 5.74) is 3.01. The van der Waals surface area contributed by atoms with E-state index in [2.05, 4.69) is 32.2 Å². The molecule has 0 aliphatic carbocycles. The minimum absolute atomic E-state index is 0.159. The number of benzene rings is 1. The molecule has 0 fully saturated rings. The molecule has 0 spiro atoms. The Morgan fingerprint density at radius 2 is 1.72 bits per heavy atom. The van der Waals surface area contributed by atoms with Gasteiger partial charge in [-0.25, -0.2) is 4.68 Å². The fourth-order valence-electron chi connectivity index (χ4n) is 2.78. The average molecular weight is 432 g/mol. The van der Waals surface area contributed by atoms with Crippen molar-refractivity contribution in [1.82, 2.24) is 4.68 Å². The van der Waals surface area contributed by atoms with Crippen molar-refractivity contribution in [3.05, 3.63) is 44.2 Å². The summed E-state index contributed by atoms with van der Waals surface area (Å²) < 4.78 is 18.3. The number of thiophene rings is 1. The van der Waals surface area contributed by atoms with Crippen molar-refractivity contribution < 1.29 is 14.2 Å². The number of hydrogen-bond donors (Lipinski definition) is 0. The van der Waals surface area contributed by atoms with Crippen molar-refractivity contribution in [3.63, 3.8) is 0 Å². The van der Waals surface area contributed by atoms with Gasteiger partial charge < -0.3 is 14.2 Å². The van der Waals surface area contributed by atoms with Crippen molar-refractivity contribution >= 4 is 28.9 Å². The van der Waals surface area contributed by atoms with E-state index in [1.165, 1.54) is 5.56 Å². The molecule has 8 heteroatoms. The van der Waals surface area contributed by atoms with Gasteiger partial charge in [-0.1, -0.05) is 0 Å². The highest BCUT2D eigenvalue weighted by Gasteiger charge is 2.17. The highest BCUT2D eigenvalue weighted by Crippen LogP contribution is 2.41. The average Bonchev–Trinajstić information content (AvgIpc) is 3.30. The van der Waals surface area contributed by atoms with Crippen LogP contribution < -0.4 is 19.0 Å². The molecule has 0 unspecified atom stereocenters. The van der Waals surface area contributed by atoms with Gasteiger partial charge in [0.15, 0.2) is 11.5 Å². The third kappa shape index (κ3) is 4.54. The van der Waals surface area contributed by atoms with Gasteiger partial charge in [0.25, 0.3) is 0 Å². The Morgan fingerprint density at radius 3 is 2.24 bits per heavy atom. The first-order chi connectivity index (χ1) is 14.0. The molecule has 6 nitrogen and oxygen atoms in total. The molecule has 0 N–H and O–H groups in total. The maximum absolute atomic E-state index is 5.52. The molecule has 154 valence electrons. The molecule has 0 atom stereocenters. The highest BCUT2D eigenvalue weighted by molar-refractivity contribution is 7.11. The van der Waals surface area contributed by atoms with Gasteiger partial charge in [0.2, 0.25) is 10.6 Å². The van der Waals surface area contributed by atoms with Crippen LogP contribution in [-0.4, -0.2) is 38.3 Å². The number of nitrogens with zero attached hydrogens (tertiary/aromatic N) is 3. The lowest BCUT2D eigenvalue weighted by Crippen LogP contribution is -2.14. The third-order valence-corrected chi connectivity index (χ3v) is 5.99. The first-order valence-electron chi connectivity index (χ1n) is 9.11. The van der Waals surface area contributed by atoms with Crippen molar-refractivity contribution in [2.45, 2.75) is 26.8 Å². The molecule has 1 aromatic carbocycles. The number of thiazole rings is 1. The largest absolute Gasteiger partial charge is 0.493 e. The Hall–Kier alpha value is -2.58. The number of ether oxygens (including phenoxy) is 3. The van der Waals surface area contributed by atoms with E-state index in [4.69, 9.17) is 24.3 Å². The van der Waals surface area contributed by atoms with Gasteiger partial charge in [0, 0.05) is 17.0 Å². The van der Waals surface area contributed by atoms with Gasteiger partial charge >= 0.3 is 0 Å². The topological polar surface area (TPSA) is 57.3 Å². The molecule has 3 rings (SSSR count). The Kier molecular flexibility index (Phi) is 6.76. The third-order valence-electron chi connectivity index (χ3n) is 4.21. The van der Waals surface area contributed by atoms with Gasteiger partial charge in [0.05, 0.1) is 38.1 Å². The van der Waals surface area contributed by atoms with E-state index < -0.39 is 0 Å². The van der Waals surface area contributed by atoms with Crippen LogP contribution in [-0.2, 0) is 0 Å². The van der Waals surface area contributed by atoms with Crippen LogP contribution in [0, 0.1) is 6.92 Å². The van der Waals surface area contributed by atoms with Gasteiger partial charge in [-0.05, 0) is 49.9 Å². The van der Waals surface area contributed by atoms with E-state index in [0.29, 0.717) is 17.2 Å². The zero-order valence-electron chi connectivity index (χ0n) is 17.4. The van der Waals surface area contributed by atoms with Crippen LogP contribution in [0.1, 0.15) is 24.3 Å². The summed E-state index contributed by atoms with van der Waals surface area (Å²) in [5.74, 6) is 1.75. The Labute approximate surface area is 178 Å². The number of aryl methyl sites for hydroxylation is 1. The fraction of sp³-hybridized carbons (Fsp3) is 0.333. The van der Waals surface area contributed by atoms with Gasteiger partial charge in [-0.3, -0.25) is 4.99 Å². The smallest absolute Gasteiger partial charge is 0.206 e. The van der Waals surface area contributed by atoms with E-state index in [1.54, 1.807) is 44.0 Å². The normalized spacial score (nSPS) is 12.2. The lowest BCUT2D eigenvalue weighted by molar-refractivity contribution is 0.324. The van der Waals surface area contributed by atoms with Crippen molar-refractivity contribution in [3.8, 4) is 28.5 Å². The number of aromatic nitrogens is 1. The van der Waals surface area contributed by atoms with Gasteiger partial charge in [-0.2, -0.15) is 5.10 Å². The first-order valence-corrected chi connectivity index (χ1v) is 10.9. The molecule has 0 aliphatic heterocycles. The maximum Gasteiger partial charge on any atom is 0.206 e. The number of methoxy groups -OCH3 is 3. The quantitative estimate of drug-likeness (QED) is 0.505. The monoisotopic (exact) mass is 431 g/mol. The zero-order chi connectivity index (χ0) is 21.0. The van der Waals surface area contributed by atoms with Crippen LogP contribution in [0.25, 0.3) is 11.3 Å². The number of hydrogen-bond acceptors (Lipinski definition) is 7. The molecule has 0 aliphatic rings. The molecular formula is C21H25N3O3S2. The van der Waals surface area contributed by atoms with Crippen molar-refractivity contribution in [1.29, 1.82) is 0 Å². The summed E-state index contributed by atoms with van der Waals surface area (Å²) in [4.78, 5) is 6.68. The highest BCUT2D eigenvalue weighted by atomic mass is 32.1. The molecule has 2 aromatic heterocycles. The minimum atomic E-state index is 0.159. The standard InChI is InChI=1S/C21H25N3O3S2/c1-13(2)23-21-24(22-11-19-14(3)7-8-28-19)16(12-29-21)15-9-17(25-4)20(27-6)18(10-15)26-5/h7-13H,1-6H3. The number of rotatable bonds is 7. The second-order valence-electron chi connectivity index (χ2n) is 6.56. The molecule has 2 heterocycles. The van der Waals surface area contributed by atoms with E-state index in [0.717, 1.165) is 20.9 Å². The maximum atomic E-state index is 5.52. The molecular weight excluding hydrogens is 406 g/mol. The zero-order valence-corrected chi connectivity index (χ0v) is 19.1. The van der Waals surface area contributed by atoms with Crippen LogP contribution in [0.4, 0.5) is 0 Å². The predicted molar refractivity (Wildman–Crippen MR) is 120 cm³/mol. The predicted octanol–water partition coefficient (Wildman–Crippen LogP) is 4.80. The minimum Gasteiger partial charge on any atom is -0.493 e. The van der Waals surface area contributed by atoms with Crippen LogP contribution >= 0.6 is 22.7 Å². The van der Waals surface area contributed by atoms with E-state index in [-0.39, 0.29) is 6.04 Å². The van der Waals surface area contributed by atoms with Crippen LogP contribution in [0.5, 0.6) is 17.2 Å². The second kappa shape index (κ2) is 9.28. The van der Waals surface area contributed by atoms with E-state index in [9.17, 15) is 0 Å². The molecule has 3 aromatic rings. The van der Waals surface area contributed by atoms with Gasteiger partial charge in [0.1, 0.15) is 0 Å². The summed E-state index contributed by atoms with van der Waals surface area (Å²) in [5, 5.41) is 8.86. The summed E-state index contributed by atoms with van der Waals surface area (Å²) in [6.45, 7) is 6.18. The second-order valence-corrected chi connectivity index (χ2v) is 8.35. The molecule has 0 bridgehead atoms. The summed E-state index contributed by atoms with van der Waals surface area (Å²) in [7, 11) is 4.82. The first kappa shape index (κ1) is 21.1. The fourth-order valence-corrected chi connectivity index (χ4v) is 4.53. The van der Waals surface area contributed by atoms with Gasteiger partial charge in [-0.15, -0.1) is 22.7 Å². The molecule has 0 radical (unpaired) electrons. The summed E-state index contributed by atoms with van der Waals surface area (Å²) >= 11 is 3.21. The van der Waals surface area contributed by atoms with E-state index in [1.807, 2.05) is 28.4 Å². The SMILES string of the molecule is COc1cc(-c2csc(=NC(C)C)n2N=Cc2sccc2C)cc(OC)c1OC. The van der Waals surface area contributed by atoms with E-state index >= 15 is 0 Å². The molecule has 0 amide bonds. The molecule has 0 saturated heterocycles. The lowest BCUT2D eigenvalue weighted by Gasteiger charge is -2.14. The van der Waals surface area contributed by atoms with Crippen LogP contribution in [0.2, 0.25) is 0 Å². The molecule has 0 saturated carbocycles. The Balaban J connectivity index is 2.19. The van der Waals surface area contributed by atoms with Crippen LogP contribution in [0.3, 0.4) is 0 Å². The molecule has 29 heavy (non-hydrogen) atoms. The van der Waals surface area contributed by atoms with Crippen LogP contribution in [0.15, 0.2) is 39.1 Å². The Bertz CT molecular complexity index is 1050. The van der Waals surface area contributed by atoms with Crippen molar-refractivity contribution in [2.75, 3.05) is 21.3 Å². The summed E-state index contributed by atoms with van der Waals surface area (Å²) in [6.07, 6.45) is 1.88. The summed E-state index contributed by atoms with van der Waals surface area (Å²) in [6, 6.07) is 6.09. The lowest BCUT2D eigenvalue weighted by atomic mass is 10.1.